The largest absolute Gasteiger partial charge is 0.298 e. The maximum Gasteiger partial charge on any atom is 0.145 e. The Hall–Kier alpha value is -0.590. The predicted octanol–water partition coefficient (Wildman–Crippen LogP) is 2.57. The van der Waals surface area contributed by atoms with E-state index in [2.05, 4.69) is 6.08 Å². The molecule has 0 aliphatic heterocycles. The SMILES string of the molecule is O=CC1=C[C@H](C2CC2)C2CC[C@@H]2C1. The van der Waals surface area contributed by atoms with Gasteiger partial charge in [-0.2, -0.15) is 0 Å². The highest BCUT2D eigenvalue weighted by Crippen LogP contribution is 2.54. The van der Waals surface area contributed by atoms with Crippen molar-refractivity contribution >= 4 is 6.29 Å². The quantitative estimate of drug-likeness (QED) is 0.591. The van der Waals surface area contributed by atoms with Gasteiger partial charge in [-0.1, -0.05) is 6.08 Å². The van der Waals surface area contributed by atoms with Crippen LogP contribution in [-0.4, -0.2) is 6.29 Å². The smallest absolute Gasteiger partial charge is 0.145 e. The lowest BCUT2D eigenvalue weighted by molar-refractivity contribution is -0.105. The van der Waals surface area contributed by atoms with Crippen LogP contribution in [0, 0.1) is 23.7 Å². The normalized spacial score (nSPS) is 43.1. The number of allylic oxidation sites excluding steroid dienone is 2. The minimum Gasteiger partial charge on any atom is -0.298 e. The summed E-state index contributed by atoms with van der Waals surface area (Å²) in [6.07, 6.45) is 10.1. The van der Waals surface area contributed by atoms with Gasteiger partial charge >= 0.3 is 0 Å². The van der Waals surface area contributed by atoms with Gasteiger partial charge in [0.05, 0.1) is 0 Å². The zero-order chi connectivity index (χ0) is 8.84. The standard InChI is InChI=1S/C12H16O/c13-7-8-5-10-3-4-11(10)12(6-8)9-1-2-9/h6-7,9-12H,1-5H2/t10-,11?,12-/m1/s1. The first kappa shape index (κ1) is 7.78. The van der Waals surface area contributed by atoms with E-state index < -0.39 is 0 Å². The molecule has 1 unspecified atom stereocenters. The monoisotopic (exact) mass is 176 g/mol. The van der Waals surface area contributed by atoms with E-state index in [9.17, 15) is 4.79 Å². The summed E-state index contributed by atoms with van der Waals surface area (Å²) < 4.78 is 0. The molecule has 0 heterocycles. The Kier molecular flexibility index (Phi) is 1.61. The molecule has 2 saturated carbocycles. The van der Waals surface area contributed by atoms with Crippen LogP contribution < -0.4 is 0 Å². The Morgan fingerprint density at radius 1 is 1.15 bits per heavy atom. The summed E-state index contributed by atoms with van der Waals surface area (Å²) in [5, 5.41) is 0. The molecule has 3 atom stereocenters. The molecule has 13 heavy (non-hydrogen) atoms. The number of carbonyl (C=O) groups is 1. The molecule has 2 fully saturated rings. The summed E-state index contributed by atoms with van der Waals surface area (Å²) in [6.45, 7) is 0. The second-order valence-electron chi connectivity index (χ2n) is 4.98. The molecule has 1 nitrogen and oxygen atoms in total. The molecule has 0 N–H and O–H groups in total. The van der Waals surface area contributed by atoms with Gasteiger partial charge < -0.3 is 0 Å². The van der Waals surface area contributed by atoms with Gasteiger partial charge in [-0.25, -0.2) is 0 Å². The van der Waals surface area contributed by atoms with Gasteiger partial charge in [0.25, 0.3) is 0 Å². The van der Waals surface area contributed by atoms with Crippen molar-refractivity contribution in [2.24, 2.45) is 23.7 Å². The van der Waals surface area contributed by atoms with E-state index in [1.54, 1.807) is 0 Å². The number of hydrogen-bond acceptors (Lipinski definition) is 1. The van der Waals surface area contributed by atoms with Crippen molar-refractivity contribution in [2.75, 3.05) is 0 Å². The van der Waals surface area contributed by atoms with Crippen LogP contribution in [0.4, 0.5) is 0 Å². The Labute approximate surface area is 79.2 Å². The summed E-state index contributed by atoms with van der Waals surface area (Å²) in [6, 6.07) is 0. The summed E-state index contributed by atoms with van der Waals surface area (Å²) in [5.74, 6) is 3.56. The highest BCUT2D eigenvalue weighted by atomic mass is 16.1. The minimum absolute atomic E-state index is 0.785. The van der Waals surface area contributed by atoms with E-state index in [0.29, 0.717) is 0 Å². The van der Waals surface area contributed by atoms with Crippen LogP contribution in [0.5, 0.6) is 0 Å². The lowest BCUT2D eigenvalue weighted by atomic mass is 9.60. The van der Waals surface area contributed by atoms with Crippen molar-refractivity contribution in [1.29, 1.82) is 0 Å². The van der Waals surface area contributed by atoms with Crippen LogP contribution in [0.2, 0.25) is 0 Å². The van der Waals surface area contributed by atoms with E-state index in [1.807, 2.05) is 0 Å². The van der Waals surface area contributed by atoms with Gasteiger partial charge in [-0.05, 0) is 61.3 Å². The second-order valence-corrected chi connectivity index (χ2v) is 4.98. The van der Waals surface area contributed by atoms with Crippen LogP contribution in [0.15, 0.2) is 11.6 Å². The van der Waals surface area contributed by atoms with Gasteiger partial charge in [0.1, 0.15) is 6.29 Å². The van der Waals surface area contributed by atoms with Crippen molar-refractivity contribution in [3.63, 3.8) is 0 Å². The Balaban J connectivity index is 1.85. The molecule has 3 rings (SSSR count). The van der Waals surface area contributed by atoms with Crippen LogP contribution in [-0.2, 0) is 4.79 Å². The maximum absolute atomic E-state index is 10.8. The molecule has 0 radical (unpaired) electrons. The van der Waals surface area contributed by atoms with E-state index in [1.165, 1.54) is 25.7 Å². The van der Waals surface area contributed by atoms with Gasteiger partial charge in [-0.3, -0.25) is 4.79 Å². The molecular weight excluding hydrogens is 160 g/mol. The fourth-order valence-corrected chi connectivity index (χ4v) is 3.15. The fraction of sp³-hybridized carbons (Fsp3) is 0.750. The van der Waals surface area contributed by atoms with E-state index in [4.69, 9.17) is 0 Å². The highest BCUT2D eigenvalue weighted by molar-refractivity contribution is 5.73. The number of hydrogen-bond donors (Lipinski definition) is 0. The maximum atomic E-state index is 10.8. The molecule has 70 valence electrons. The molecular formula is C12H16O. The van der Waals surface area contributed by atoms with Crippen molar-refractivity contribution in [3.05, 3.63) is 11.6 Å². The van der Waals surface area contributed by atoms with Gasteiger partial charge in [0.15, 0.2) is 0 Å². The molecule has 0 bridgehead atoms. The molecule has 1 heteroatoms. The number of rotatable bonds is 2. The van der Waals surface area contributed by atoms with Crippen LogP contribution in [0.25, 0.3) is 0 Å². The topological polar surface area (TPSA) is 17.1 Å². The molecule has 0 aromatic carbocycles. The van der Waals surface area contributed by atoms with Crippen molar-refractivity contribution in [2.45, 2.75) is 32.1 Å². The first-order valence-electron chi connectivity index (χ1n) is 5.54. The summed E-state index contributed by atoms with van der Waals surface area (Å²) in [5.41, 5.74) is 1.10. The first-order chi connectivity index (χ1) is 6.38. The number of carbonyl (C=O) groups excluding carboxylic acids is 1. The van der Waals surface area contributed by atoms with Crippen LogP contribution >= 0.6 is 0 Å². The second kappa shape index (κ2) is 2.70. The van der Waals surface area contributed by atoms with Gasteiger partial charge in [-0.15, -0.1) is 0 Å². The zero-order valence-electron chi connectivity index (χ0n) is 7.91. The lowest BCUT2D eigenvalue weighted by Crippen LogP contribution is -2.36. The molecule has 3 aliphatic carbocycles. The average Bonchev–Trinajstić information content (AvgIpc) is 2.89. The third kappa shape index (κ3) is 1.17. The lowest BCUT2D eigenvalue weighted by Gasteiger charge is -2.44. The molecule has 0 aromatic rings. The minimum atomic E-state index is 0.785. The summed E-state index contributed by atoms with van der Waals surface area (Å²) in [7, 11) is 0. The number of fused-ring (bicyclic) bond motifs is 1. The Morgan fingerprint density at radius 2 is 1.92 bits per heavy atom. The fourth-order valence-electron chi connectivity index (χ4n) is 3.15. The predicted molar refractivity (Wildman–Crippen MR) is 51.2 cm³/mol. The summed E-state index contributed by atoms with van der Waals surface area (Å²) in [4.78, 5) is 10.8. The third-order valence-corrected chi connectivity index (χ3v) is 4.19. The van der Waals surface area contributed by atoms with Crippen molar-refractivity contribution in [1.82, 2.24) is 0 Å². The first-order valence-corrected chi connectivity index (χ1v) is 5.54. The van der Waals surface area contributed by atoms with Crippen LogP contribution in [0.3, 0.4) is 0 Å². The molecule has 0 amide bonds. The molecule has 0 aromatic heterocycles. The van der Waals surface area contributed by atoms with Gasteiger partial charge in [0.2, 0.25) is 0 Å². The van der Waals surface area contributed by atoms with E-state index in [0.717, 1.165) is 42.0 Å². The number of aldehydes is 1. The Morgan fingerprint density at radius 3 is 2.46 bits per heavy atom. The summed E-state index contributed by atoms with van der Waals surface area (Å²) >= 11 is 0. The van der Waals surface area contributed by atoms with Crippen LogP contribution in [0.1, 0.15) is 32.1 Å². The molecule has 3 aliphatic rings. The highest BCUT2D eigenvalue weighted by Gasteiger charge is 2.45. The molecule has 0 saturated heterocycles. The molecule has 0 spiro atoms. The third-order valence-electron chi connectivity index (χ3n) is 4.19. The van der Waals surface area contributed by atoms with Crippen molar-refractivity contribution in [3.8, 4) is 0 Å². The van der Waals surface area contributed by atoms with Crippen molar-refractivity contribution < 1.29 is 4.79 Å². The van der Waals surface area contributed by atoms with E-state index in [-0.39, 0.29) is 0 Å². The average molecular weight is 176 g/mol. The Bertz CT molecular complexity index is 262. The van der Waals surface area contributed by atoms with E-state index >= 15 is 0 Å². The van der Waals surface area contributed by atoms with Gasteiger partial charge in [0, 0.05) is 0 Å². The zero-order valence-corrected chi connectivity index (χ0v) is 7.91.